The molecule has 0 atom stereocenters. The van der Waals surface area contributed by atoms with Crippen molar-refractivity contribution in [1.82, 2.24) is 4.90 Å². The van der Waals surface area contributed by atoms with Crippen LogP contribution >= 0.6 is 12.4 Å². The average molecular weight is 309 g/mol. The molecule has 0 saturated heterocycles. The van der Waals surface area contributed by atoms with E-state index in [2.05, 4.69) is 12.1 Å². The Kier molecular flexibility index (Phi) is 6.99. The fourth-order valence-corrected chi connectivity index (χ4v) is 2.16. The van der Waals surface area contributed by atoms with Crippen molar-refractivity contribution >= 4 is 18.3 Å². The number of amides is 1. The maximum atomic E-state index is 12.4. The molecule has 0 aliphatic rings. The van der Waals surface area contributed by atoms with E-state index in [9.17, 15) is 4.79 Å². The van der Waals surface area contributed by atoms with Gasteiger partial charge >= 0.3 is 0 Å². The van der Waals surface area contributed by atoms with E-state index in [0.29, 0.717) is 31.0 Å². The van der Waals surface area contributed by atoms with Gasteiger partial charge in [0, 0.05) is 19.6 Å². The van der Waals surface area contributed by atoms with Crippen LogP contribution in [-0.2, 0) is 6.42 Å². The second kappa shape index (κ2) is 8.49. The van der Waals surface area contributed by atoms with Crippen molar-refractivity contribution in [1.29, 1.82) is 0 Å². The molecule has 0 aliphatic heterocycles. The van der Waals surface area contributed by atoms with Crippen LogP contribution in [0.3, 0.4) is 0 Å². The predicted molar refractivity (Wildman–Crippen MR) is 85.8 cm³/mol. The Labute approximate surface area is 131 Å². The number of benzene rings is 1. The molecule has 2 aromatic rings. The third-order valence-corrected chi connectivity index (χ3v) is 3.29. The summed E-state index contributed by atoms with van der Waals surface area (Å²) in [5, 5.41) is 0. The molecule has 0 aliphatic carbocycles. The van der Waals surface area contributed by atoms with Gasteiger partial charge in [-0.2, -0.15) is 0 Å². The molecule has 0 saturated carbocycles. The Balaban J connectivity index is 0.00000220. The Morgan fingerprint density at radius 3 is 2.48 bits per heavy atom. The van der Waals surface area contributed by atoms with Crippen LogP contribution in [0, 0.1) is 6.92 Å². The van der Waals surface area contributed by atoms with Crippen molar-refractivity contribution < 1.29 is 9.21 Å². The van der Waals surface area contributed by atoms with Crippen LogP contribution < -0.4 is 5.73 Å². The molecular formula is C16H21ClN2O2. The summed E-state index contributed by atoms with van der Waals surface area (Å²) in [6, 6.07) is 11.8. The molecule has 21 heavy (non-hydrogen) atoms. The van der Waals surface area contributed by atoms with Crippen LogP contribution in [0.5, 0.6) is 0 Å². The lowest BCUT2D eigenvalue weighted by Crippen LogP contribution is -2.37. The monoisotopic (exact) mass is 308 g/mol. The first-order chi connectivity index (χ1) is 9.72. The molecule has 1 aromatic carbocycles. The van der Waals surface area contributed by atoms with E-state index in [1.165, 1.54) is 5.56 Å². The van der Waals surface area contributed by atoms with Gasteiger partial charge in [-0.25, -0.2) is 0 Å². The number of rotatable bonds is 6. The van der Waals surface area contributed by atoms with Gasteiger partial charge in [-0.3, -0.25) is 4.79 Å². The molecular weight excluding hydrogens is 288 g/mol. The average Bonchev–Trinajstić information content (AvgIpc) is 2.90. The third-order valence-electron chi connectivity index (χ3n) is 3.29. The first-order valence-corrected chi connectivity index (χ1v) is 6.79. The van der Waals surface area contributed by atoms with Gasteiger partial charge < -0.3 is 15.1 Å². The lowest BCUT2D eigenvalue weighted by atomic mass is 10.1. The molecule has 1 aromatic heterocycles. The van der Waals surface area contributed by atoms with Gasteiger partial charge in [0.2, 0.25) is 0 Å². The highest BCUT2D eigenvalue weighted by atomic mass is 35.5. The van der Waals surface area contributed by atoms with Crippen LogP contribution in [0.1, 0.15) is 21.7 Å². The number of nitrogens with zero attached hydrogens (tertiary/aromatic N) is 1. The Hall–Kier alpha value is -1.78. The molecule has 0 unspecified atom stereocenters. The molecule has 114 valence electrons. The van der Waals surface area contributed by atoms with Crippen molar-refractivity contribution in [3.63, 3.8) is 0 Å². The van der Waals surface area contributed by atoms with Crippen molar-refractivity contribution in [2.24, 2.45) is 5.73 Å². The summed E-state index contributed by atoms with van der Waals surface area (Å²) in [6.07, 6.45) is 2.36. The SMILES string of the molecule is Cc1occc1C(=O)N(CCN)CCc1ccccc1.Cl. The highest BCUT2D eigenvalue weighted by Gasteiger charge is 2.18. The third kappa shape index (κ3) is 4.62. The normalized spacial score (nSPS) is 10.0. The largest absolute Gasteiger partial charge is 0.469 e. The molecule has 1 amide bonds. The number of carbonyl (C=O) groups is 1. The van der Waals surface area contributed by atoms with E-state index in [0.717, 1.165) is 6.42 Å². The molecule has 5 heteroatoms. The molecule has 2 rings (SSSR count). The van der Waals surface area contributed by atoms with Crippen LogP contribution in [0.25, 0.3) is 0 Å². The van der Waals surface area contributed by atoms with Crippen molar-refractivity contribution in [2.75, 3.05) is 19.6 Å². The molecule has 0 fully saturated rings. The first kappa shape index (κ1) is 17.3. The fourth-order valence-electron chi connectivity index (χ4n) is 2.16. The number of nitrogens with two attached hydrogens (primary N) is 1. The van der Waals surface area contributed by atoms with Gasteiger partial charge in [0.1, 0.15) is 5.76 Å². The zero-order valence-electron chi connectivity index (χ0n) is 12.1. The second-order valence-electron chi connectivity index (χ2n) is 4.71. The van der Waals surface area contributed by atoms with Crippen LogP contribution in [0.4, 0.5) is 0 Å². The quantitative estimate of drug-likeness (QED) is 0.892. The minimum Gasteiger partial charge on any atom is -0.469 e. The highest BCUT2D eigenvalue weighted by Crippen LogP contribution is 2.12. The minimum absolute atomic E-state index is 0. The number of aryl methyl sites for hydroxylation is 1. The summed E-state index contributed by atoms with van der Waals surface area (Å²) in [5.41, 5.74) is 7.44. The zero-order chi connectivity index (χ0) is 14.4. The van der Waals surface area contributed by atoms with Gasteiger partial charge in [0.05, 0.1) is 11.8 Å². The molecule has 1 heterocycles. The summed E-state index contributed by atoms with van der Waals surface area (Å²) >= 11 is 0. The van der Waals surface area contributed by atoms with E-state index >= 15 is 0 Å². The summed E-state index contributed by atoms with van der Waals surface area (Å²) in [7, 11) is 0. The second-order valence-corrected chi connectivity index (χ2v) is 4.71. The molecule has 4 nitrogen and oxygen atoms in total. The van der Waals surface area contributed by atoms with Gasteiger partial charge in [0.25, 0.3) is 5.91 Å². The van der Waals surface area contributed by atoms with Gasteiger partial charge in [0.15, 0.2) is 0 Å². The maximum absolute atomic E-state index is 12.4. The molecule has 2 N–H and O–H groups in total. The standard InChI is InChI=1S/C16H20N2O2.ClH/c1-13-15(8-12-20-13)16(19)18(11-9-17)10-7-14-5-3-2-4-6-14;/h2-6,8,12H,7,9-11,17H2,1H3;1H. The lowest BCUT2D eigenvalue weighted by molar-refractivity contribution is 0.0760. The molecule has 0 radical (unpaired) electrons. The Bertz CT molecular complexity index is 554. The van der Waals surface area contributed by atoms with Crippen LogP contribution in [-0.4, -0.2) is 30.4 Å². The smallest absolute Gasteiger partial charge is 0.257 e. The first-order valence-electron chi connectivity index (χ1n) is 6.79. The summed E-state index contributed by atoms with van der Waals surface area (Å²) < 4.78 is 5.20. The highest BCUT2D eigenvalue weighted by molar-refractivity contribution is 5.95. The number of hydrogen-bond donors (Lipinski definition) is 1. The van der Waals surface area contributed by atoms with Crippen molar-refractivity contribution in [3.8, 4) is 0 Å². The van der Waals surface area contributed by atoms with Gasteiger partial charge in [-0.1, -0.05) is 30.3 Å². The van der Waals surface area contributed by atoms with E-state index in [-0.39, 0.29) is 18.3 Å². The zero-order valence-corrected chi connectivity index (χ0v) is 12.9. The predicted octanol–water partition coefficient (Wildman–Crippen LogP) is 2.65. The van der Waals surface area contributed by atoms with Crippen molar-refractivity contribution in [3.05, 3.63) is 59.5 Å². The number of hydrogen-bond acceptors (Lipinski definition) is 3. The summed E-state index contributed by atoms with van der Waals surface area (Å²) in [5.74, 6) is 0.634. The Morgan fingerprint density at radius 2 is 1.90 bits per heavy atom. The summed E-state index contributed by atoms with van der Waals surface area (Å²) in [4.78, 5) is 14.2. The van der Waals surface area contributed by atoms with Gasteiger partial charge in [-0.15, -0.1) is 12.4 Å². The van der Waals surface area contributed by atoms with Crippen LogP contribution in [0.15, 0.2) is 47.1 Å². The van der Waals surface area contributed by atoms with E-state index in [1.54, 1.807) is 24.2 Å². The van der Waals surface area contributed by atoms with Crippen LogP contribution in [0.2, 0.25) is 0 Å². The topological polar surface area (TPSA) is 59.5 Å². The molecule has 0 spiro atoms. The van der Waals surface area contributed by atoms with Crippen molar-refractivity contribution in [2.45, 2.75) is 13.3 Å². The number of carbonyl (C=O) groups excluding carboxylic acids is 1. The summed E-state index contributed by atoms with van der Waals surface area (Å²) in [6.45, 7) is 3.46. The lowest BCUT2D eigenvalue weighted by Gasteiger charge is -2.21. The minimum atomic E-state index is -0.0161. The maximum Gasteiger partial charge on any atom is 0.257 e. The van der Waals surface area contributed by atoms with E-state index < -0.39 is 0 Å². The Morgan fingerprint density at radius 1 is 1.19 bits per heavy atom. The van der Waals surface area contributed by atoms with E-state index in [1.807, 2.05) is 18.2 Å². The van der Waals surface area contributed by atoms with Gasteiger partial charge in [-0.05, 0) is 25.0 Å². The number of halogens is 1. The molecule has 0 bridgehead atoms. The fraction of sp³-hybridized carbons (Fsp3) is 0.312. The number of furan rings is 1. The van der Waals surface area contributed by atoms with E-state index in [4.69, 9.17) is 10.2 Å².